The second-order valence-corrected chi connectivity index (χ2v) is 9.36. The number of esters is 2. The Morgan fingerprint density at radius 3 is 1.54 bits per heavy atom. The maximum absolute atomic E-state index is 12.2. The molecule has 0 aromatic rings. The highest BCUT2D eigenvalue weighted by molar-refractivity contribution is 7.85. The number of ether oxygens (including phenoxy) is 2. The summed E-state index contributed by atoms with van der Waals surface area (Å²) in [5.41, 5.74) is 10.1. The Morgan fingerprint density at radius 1 is 0.923 bits per heavy atom. The van der Waals surface area contributed by atoms with Gasteiger partial charge in [-0.1, -0.05) is 6.08 Å². The average Bonchev–Trinajstić information content (AvgIpc) is 2.37. The largest absolute Gasteiger partial charge is 0.459 e. The minimum atomic E-state index is -3.73. The molecule has 9 nitrogen and oxygen atoms in total. The van der Waals surface area contributed by atoms with Crippen LogP contribution in [0, 0.1) is 0 Å². The van der Waals surface area contributed by atoms with Crippen LogP contribution < -0.4 is 11.5 Å². The molecular formula is C16H30N2O7S. The van der Waals surface area contributed by atoms with E-state index in [0.29, 0.717) is 0 Å². The molecule has 0 rings (SSSR count). The standard InChI is InChI=1S/C16H30N2O7S/c1-15(2,3)24-13(19)11(17)10(8-9-23-26(7,21)22)12(18)14(20)25-16(4,5)6/h8,11-12H,9,17-18H2,1-7H3. The van der Waals surface area contributed by atoms with Crippen LogP contribution in [0.1, 0.15) is 41.5 Å². The lowest BCUT2D eigenvalue weighted by Crippen LogP contribution is -2.48. The molecule has 0 fully saturated rings. The molecular weight excluding hydrogens is 364 g/mol. The fraction of sp³-hybridized carbons (Fsp3) is 0.750. The van der Waals surface area contributed by atoms with Gasteiger partial charge in [0.05, 0.1) is 12.9 Å². The molecule has 0 aliphatic rings. The molecule has 152 valence electrons. The van der Waals surface area contributed by atoms with Crippen molar-refractivity contribution in [2.24, 2.45) is 11.5 Å². The van der Waals surface area contributed by atoms with E-state index in [1.165, 1.54) is 6.08 Å². The molecule has 4 N–H and O–H groups in total. The van der Waals surface area contributed by atoms with Gasteiger partial charge in [0.15, 0.2) is 0 Å². The quantitative estimate of drug-likeness (QED) is 0.351. The summed E-state index contributed by atoms with van der Waals surface area (Å²) in [5, 5.41) is 0. The minimum Gasteiger partial charge on any atom is -0.459 e. The molecule has 2 atom stereocenters. The molecule has 0 bridgehead atoms. The topological polar surface area (TPSA) is 148 Å². The SMILES string of the molecule is CC(C)(C)OC(=O)C(N)C(=CCOS(C)(=O)=O)C(N)C(=O)OC(C)(C)C. The first kappa shape index (κ1) is 24.5. The van der Waals surface area contributed by atoms with Crippen LogP contribution in [-0.2, 0) is 33.4 Å². The maximum Gasteiger partial charge on any atom is 0.327 e. The molecule has 0 aromatic heterocycles. The van der Waals surface area contributed by atoms with E-state index in [0.717, 1.165) is 6.26 Å². The van der Waals surface area contributed by atoms with Gasteiger partial charge in [0.1, 0.15) is 23.3 Å². The van der Waals surface area contributed by atoms with Gasteiger partial charge in [-0.2, -0.15) is 8.42 Å². The fourth-order valence-corrected chi connectivity index (χ4v) is 2.02. The number of nitrogens with two attached hydrogens (primary N) is 2. The van der Waals surface area contributed by atoms with Crippen LogP contribution in [0.25, 0.3) is 0 Å². The lowest BCUT2D eigenvalue weighted by Gasteiger charge is -2.27. The van der Waals surface area contributed by atoms with Crippen LogP contribution in [-0.4, -0.2) is 56.5 Å². The number of hydrogen-bond acceptors (Lipinski definition) is 9. The van der Waals surface area contributed by atoms with Crippen LogP contribution in [0.5, 0.6) is 0 Å². The molecule has 0 saturated heterocycles. The average molecular weight is 394 g/mol. The molecule has 0 aromatic carbocycles. The van der Waals surface area contributed by atoms with E-state index in [4.69, 9.17) is 20.9 Å². The zero-order chi connectivity index (χ0) is 20.9. The Morgan fingerprint density at radius 2 is 1.27 bits per heavy atom. The molecule has 0 heterocycles. The Hall–Kier alpha value is -1.49. The molecule has 0 radical (unpaired) electrons. The number of hydrogen-bond donors (Lipinski definition) is 2. The fourth-order valence-electron chi connectivity index (χ4n) is 1.70. The van der Waals surface area contributed by atoms with Crippen LogP contribution >= 0.6 is 0 Å². The number of carbonyl (C=O) groups excluding carboxylic acids is 2. The van der Waals surface area contributed by atoms with Crippen molar-refractivity contribution in [1.29, 1.82) is 0 Å². The zero-order valence-corrected chi connectivity index (χ0v) is 17.2. The number of carbonyl (C=O) groups is 2. The van der Waals surface area contributed by atoms with Crippen molar-refractivity contribution < 1.29 is 31.7 Å². The molecule has 0 amide bonds. The van der Waals surface area contributed by atoms with E-state index in [1.54, 1.807) is 41.5 Å². The van der Waals surface area contributed by atoms with Crippen LogP contribution in [0.15, 0.2) is 11.6 Å². The van der Waals surface area contributed by atoms with Crippen LogP contribution in [0.2, 0.25) is 0 Å². The molecule has 0 aliphatic heterocycles. The van der Waals surface area contributed by atoms with Gasteiger partial charge in [0.25, 0.3) is 10.1 Å². The molecule has 26 heavy (non-hydrogen) atoms. The van der Waals surface area contributed by atoms with Crippen molar-refractivity contribution >= 4 is 22.1 Å². The highest BCUT2D eigenvalue weighted by Crippen LogP contribution is 2.16. The van der Waals surface area contributed by atoms with Gasteiger partial charge in [-0.25, -0.2) is 9.59 Å². The highest BCUT2D eigenvalue weighted by atomic mass is 32.2. The van der Waals surface area contributed by atoms with Crippen LogP contribution in [0.4, 0.5) is 0 Å². The van der Waals surface area contributed by atoms with Crippen molar-refractivity contribution in [2.75, 3.05) is 12.9 Å². The molecule has 0 aliphatic carbocycles. The van der Waals surface area contributed by atoms with Crippen molar-refractivity contribution in [1.82, 2.24) is 0 Å². The second kappa shape index (κ2) is 8.94. The van der Waals surface area contributed by atoms with Crippen molar-refractivity contribution in [2.45, 2.75) is 64.8 Å². The molecule has 2 unspecified atom stereocenters. The lowest BCUT2D eigenvalue weighted by molar-refractivity contribution is -0.156. The third-order valence-corrected chi connectivity index (χ3v) is 3.21. The molecule has 10 heteroatoms. The first-order valence-corrected chi connectivity index (χ1v) is 9.76. The first-order chi connectivity index (χ1) is 11.4. The summed E-state index contributed by atoms with van der Waals surface area (Å²) < 4.78 is 37.2. The summed E-state index contributed by atoms with van der Waals surface area (Å²) in [5.74, 6) is -1.63. The van der Waals surface area contributed by atoms with Gasteiger partial charge in [0, 0.05) is 0 Å². The van der Waals surface area contributed by atoms with Crippen molar-refractivity contribution in [3.05, 3.63) is 11.6 Å². The van der Waals surface area contributed by atoms with Gasteiger partial charge in [0.2, 0.25) is 0 Å². The summed E-state index contributed by atoms with van der Waals surface area (Å²) >= 11 is 0. The predicted octanol–water partition coefficient (Wildman–Crippen LogP) is 0.227. The second-order valence-electron chi connectivity index (χ2n) is 7.72. The van der Waals surface area contributed by atoms with Gasteiger partial charge < -0.3 is 20.9 Å². The maximum atomic E-state index is 12.2. The smallest absolute Gasteiger partial charge is 0.327 e. The lowest BCUT2D eigenvalue weighted by atomic mass is 9.99. The Kier molecular flexibility index (Phi) is 8.42. The summed E-state index contributed by atoms with van der Waals surface area (Å²) in [6.45, 7) is 9.48. The van der Waals surface area contributed by atoms with Crippen molar-refractivity contribution in [3.63, 3.8) is 0 Å². The van der Waals surface area contributed by atoms with E-state index in [-0.39, 0.29) is 5.57 Å². The molecule has 0 spiro atoms. The minimum absolute atomic E-state index is 0.0582. The summed E-state index contributed by atoms with van der Waals surface area (Å²) in [7, 11) is -3.73. The van der Waals surface area contributed by atoms with E-state index in [2.05, 4.69) is 4.18 Å². The van der Waals surface area contributed by atoms with E-state index >= 15 is 0 Å². The normalized spacial score (nSPS) is 15.0. The zero-order valence-electron chi connectivity index (χ0n) is 16.4. The van der Waals surface area contributed by atoms with E-state index in [1.807, 2.05) is 0 Å². The van der Waals surface area contributed by atoms with Gasteiger partial charge in [-0.15, -0.1) is 0 Å². The summed E-state index contributed by atoms with van der Waals surface area (Å²) in [6.07, 6.45) is 2.03. The Balaban J connectivity index is 5.56. The highest BCUT2D eigenvalue weighted by Gasteiger charge is 2.33. The Labute approximate surface area is 155 Å². The van der Waals surface area contributed by atoms with Gasteiger partial charge in [-0.05, 0) is 47.1 Å². The van der Waals surface area contributed by atoms with Crippen LogP contribution in [0.3, 0.4) is 0 Å². The third-order valence-electron chi connectivity index (χ3n) is 2.64. The van der Waals surface area contributed by atoms with E-state index < -0.39 is 51.9 Å². The summed E-state index contributed by atoms with van der Waals surface area (Å²) in [6, 6.07) is -2.78. The predicted molar refractivity (Wildman–Crippen MR) is 96.5 cm³/mol. The third kappa shape index (κ3) is 10.5. The van der Waals surface area contributed by atoms with Gasteiger partial charge >= 0.3 is 11.9 Å². The number of rotatable bonds is 7. The Bertz CT molecular complexity index is 606. The van der Waals surface area contributed by atoms with E-state index in [9.17, 15) is 18.0 Å². The van der Waals surface area contributed by atoms with Crippen molar-refractivity contribution in [3.8, 4) is 0 Å². The van der Waals surface area contributed by atoms with Gasteiger partial charge in [-0.3, -0.25) is 4.18 Å². The molecule has 0 saturated carbocycles. The first-order valence-electron chi connectivity index (χ1n) is 7.94. The monoisotopic (exact) mass is 394 g/mol. The summed E-state index contributed by atoms with van der Waals surface area (Å²) in [4.78, 5) is 24.4.